The molecule has 1 fully saturated rings. The van der Waals surface area contributed by atoms with Crippen LogP contribution >= 0.6 is 11.5 Å². The molecule has 0 unspecified atom stereocenters. The second-order valence-corrected chi connectivity index (χ2v) is 7.75. The fraction of sp³-hybridized carbons (Fsp3) is 0.333. The van der Waals surface area contributed by atoms with Crippen LogP contribution in [0.1, 0.15) is 0 Å². The van der Waals surface area contributed by atoms with Crippen LogP contribution in [0, 0.1) is 5.82 Å². The summed E-state index contributed by atoms with van der Waals surface area (Å²) in [5.74, 6) is -0.161. The van der Waals surface area contributed by atoms with Gasteiger partial charge in [0, 0.05) is 26.2 Å². The number of rotatable bonds is 1. The number of nitrogens with one attached hydrogen (secondary N) is 1. The highest BCUT2D eigenvalue weighted by molar-refractivity contribution is 7.12. The molecule has 2 aromatic heterocycles. The molecule has 4 heterocycles. The van der Waals surface area contributed by atoms with Gasteiger partial charge >= 0.3 is 0 Å². The minimum absolute atomic E-state index is 0.0354. The first-order valence-corrected chi connectivity index (χ1v) is 9.46. The molecule has 1 aromatic carbocycles. The molecule has 0 saturated carbocycles. The number of aromatic amines is 1. The summed E-state index contributed by atoms with van der Waals surface area (Å²) in [5, 5.41) is 0.172. The number of nitrogens with zero attached hydrogens (tertiary/aromatic N) is 3. The third-order valence-corrected chi connectivity index (χ3v) is 6.15. The molecule has 1 N–H and O–H groups in total. The zero-order chi connectivity index (χ0) is 18.9. The minimum Gasteiger partial charge on any atom is -0.483 e. The smallest absolute Gasteiger partial charge is 0.271 e. The molecule has 0 amide bonds. The van der Waals surface area contributed by atoms with Crippen LogP contribution in [0.4, 0.5) is 10.1 Å². The molecule has 7 nitrogen and oxygen atoms in total. The van der Waals surface area contributed by atoms with Crippen molar-refractivity contribution < 1.29 is 9.13 Å². The highest BCUT2D eigenvalue weighted by atomic mass is 32.1. The summed E-state index contributed by atoms with van der Waals surface area (Å²) in [6.07, 6.45) is 0. The van der Waals surface area contributed by atoms with Gasteiger partial charge in [0.15, 0.2) is 11.6 Å². The lowest BCUT2D eigenvalue weighted by atomic mass is 10.1. The number of benzene rings is 1. The van der Waals surface area contributed by atoms with E-state index in [4.69, 9.17) is 4.74 Å². The van der Waals surface area contributed by atoms with E-state index in [-0.39, 0.29) is 17.4 Å². The normalized spacial score (nSPS) is 17.7. The maximum Gasteiger partial charge on any atom is 0.271 e. The first-order valence-electron chi connectivity index (χ1n) is 8.64. The van der Waals surface area contributed by atoms with Crippen molar-refractivity contribution in [3.63, 3.8) is 0 Å². The number of fused-ring (bicyclic) bond motifs is 2. The zero-order valence-corrected chi connectivity index (χ0v) is 15.5. The van der Waals surface area contributed by atoms with E-state index in [9.17, 15) is 9.59 Å². The predicted molar refractivity (Wildman–Crippen MR) is 105 cm³/mol. The molecular weight excluding hydrogens is 371 g/mol. The Balaban J connectivity index is 1.90. The Labute approximate surface area is 157 Å². The third-order valence-electron chi connectivity index (χ3n) is 5.28. The van der Waals surface area contributed by atoms with Crippen molar-refractivity contribution in [2.24, 2.45) is 0 Å². The molecule has 2 aliphatic heterocycles. The van der Waals surface area contributed by atoms with Crippen molar-refractivity contribution in [2.45, 2.75) is 0 Å². The van der Waals surface area contributed by atoms with Crippen LogP contribution in [0.5, 0.6) is 5.75 Å². The molecule has 0 bridgehead atoms. The van der Waals surface area contributed by atoms with E-state index in [1.807, 2.05) is 11.9 Å². The van der Waals surface area contributed by atoms with Gasteiger partial charge in [-0.25, -0.2) is 4.39 Å². The lowest BCUT2D eigenvalue weighted by Gasteiger charge is -2.36. The Bertz CT molecular complexity index is 1230. The second-order valence-electron chi connectivity index (χ2n) is 6.96. The summed E-state index contributed by atoms with van der Waals surface area (Å²) in [6.45, 7) is 7.14. The molecule has 0 spiro atoms. The maximum absolute atomic E-state index is 15.1. The zero-order valence-electron chi connectivity index (χ0n) is 14.7. The van der Waals surface area contributed by atoms with Crippen LogP contribution in [0.25, 0.3) is 26.8 Å². The molecule has 0 aliphatic carbocycles. The minimum atomic E-state index is -0.510. The molecule has 140 valence electrons. The quantitative estimate of drug-likeness (QED) is 0.687. The van der Waals surface area contributed by atoms with Gasteiger partial charge in [0.2, 0.25) is 5.43 Å². The van der Waals surface area contributed by atoms with Crippen LogP contribution < -0.4 is 20.6 Å². The van der Waals surface area contributed by atoms with Crippen molar-refractivity contribution in [1.29, 1.82) is 0 Å². The van der Waals surface area contributed by atoms with Crippen LogP contribution in [-0.2, 0) is 0 Å². The van der Waals surface area contributed by atoms with E-state index >= 15 is 4.39 Å². The standard InChI is InChI=1S/C18H17FN4O3S/c1-9-8-26-16-13-10(15(24)12-17(25)20-27-18(12)23(9)13)7-11(19)14(16)22-5-3-21(2)4-6-22/h7H,1,3-6,8H2,2H3,(H,20,25). The number of H-pyrrole nitrogens is 1. The van der Waals surface area contributed by atoms with E-state index in [0.29, 0.717) is 40.6 Å². The number of hydrogen-bond acceptors (Lipinski definition) is 6. The van der Waals surface area contributed by atoms with Gasteiger partial charge in [-0.15, -0.1) is 0 Å². The van der Waals surface area contributed by atoms with E-state index < -0.39 is 16.8 Å². The van der Waals surface area contributed by atoms with Crippen molar-refractivity contribution in [2.75, 3.05) is 44.7 Å². The fourth-order valence-corrected chi connectivity index (χ4v) is 4.76. The van der Waals surface area contributed by atoms with Crippen molar-refractivity contribution in [3.05, 3.63) is 39.0 Å². The average molecular weight is 388 g/mol. The Morgan fingerprint density at radius 1 is 1.26 bits per heavy atom. The van der Waals surface area contributed by atoms with Gasteiger partial charge in [-0.05, 0) is 24.6 Å². The van der Waals surface area contributed by atoms with Gasteiger partial charge in [0.05, 0.1) is 11.1 Å². The number of aromatic nitrogens is 2. The number of piperazine rings is 1. The number of pyridine rings is 1. The first kappa shape index (κ1) is 16.5. The van der Waals surface area contributed by atoms with E-state index in [0.717, 1.165) is 24.6 Å². The summed E-state index contributed by atoms with van der Waals surface area (Å²) in [4.78, 5) is 29.7. The van der Waals surface area contributed by atoms with E-state index in [1.165, 1.54) is 6.07 Å². The summed E-state index contributed by atoms with van der Waals surface area (Å²) >= 11 is 1.08. The van der Waals surface area contributed by atoms with Gasteiger partial charge in [0.25, 0.3) is 5.56 Å². The third kappa shape index (κ3) is 2.21. The summed E-state index contributed by atoms with van der Waals surface area (Å²) in [7, 11) is 2.03. The Kier molecular flexibility index (Phi) is 3.47. The lowest BCUT2D eigenvalue weighted by Crippen LogP contribution is -2.45. The van der Waals surface area contributed by atoms with E-state index in [1.54, 1.807) is 4.57 Å². The number of likely N-dealkylation sites (N-methyl/N-ethyl adjacent to an activating group) is 1. The highest BCUT2D eigenvalue weighted by Crippen LogP contribution is 2.43. The van der Waals surface area contributed by atoms with Crippen LogP contribution in [-0.4, -0.2) is 53.7 Å². The summed E-state index contributed by atoms with van der Waals surface area (Å²) < 4.78 is 25.4. The Morgan fingerprint density at radius 3 is 2.74 bits per heavy atom. The molecule has 27 heavy (non-hydrogen) atoms. The fourth-order valence-electron chi connectivity index (χ4n) is 3.87. The molecule has 9 heteroatoms. The molecule has 0 radical (unpaired) electrons. The molecule has 1 saturated heterocycles. The first-order chi connectivity index (χ1) is 13.0. The number of hydrogen-bond donors (Lipinski definition) is 1. The van der Waals surface area contributed by atoms with Crippen molar-refractivity contribution >= 4 is 44.0 Å². The van der Waals surface area contributed by atoms with Crippen LogP contribution in [0.2, 0.25) is 0 Å². The largest absolute Gasteiger partial charge is 0.483 e. The molecular formula is C18H17FN4O3S. The Hall–Kier alpha value is -2.65. The number of halogens is 1. The van der Waals surface area contributed by atoms with Gasteiger partial charge in [-0.1, -0.05) is 6.58 Å². The molecule has 5 rings (SSSR count). The summed E-state index contributed by atoms with van der Waals surface area (Å²) in [6, 6.07) is 1.23. The van der Waals surface area contributed by atoms with Gasteiger partial charge in [-0.3, -0.25) is 18.5 Å². The predicted octanol–water partition coefficient (Wildman–Crippen LogP) is 1.66. The van der Waals surface area contributed by atoms with Crippen molar-refractivity contribution in [3.8, 4) is 5.75 Å². The monoisotopic (exact) mass is 388 g/mol. The van der Waals surface area contributed by atoms with Crippen LogP contribution in [0.15, 0.2) is 22.2 Å². The van der Waals surface area contributed by atoms with Gasteiger partial charge < -0.3 is 14.5 Å². The SMILES string of the molecule is C=C1COc2c(N3CCN(C)CC3)c(F)cc3c(=O)c4c(=O)[nH]sc4n1c23. The average Bonchev–Trinajstić information content (AvgIpc) is 3.03. The highest BCUT2D eigenvalue weighted by Gasteiger charge is 2.30. The number of anilines is 1. The maximum atomic E-state index is 15.1. The van der Waals surface area contributed by atoms with Crippen LogP contribution in [0.3, 0.4) is 0 Å². The molecule has 2 aliphatic rings. The van der Waals surface area contributed by atoms with Gasteiger partial charge in [0.1, 0.15) is 28.0 Å². The van der Waals surface area contributed by atoms with Gasteiger partial charge in [-0.2, -0.15) is 0 Å². The molecule has 0 atom stereocenters. The topological polar surface area (TPSA) is 70.6 Å². The second kappa shape index (κ2) is 5.67. The summed E-state index contributed by atoms with van der Waals surface area (Å²) in [5.41, 5.74) is 0.508. The lowest BCUT2D eigenvalue weighted by molar-refractivity contribution is 0.307. The molecule has 3 aromatic rings. The van der Waals surface area contributed by atoms with E-state index in [2.05, 4.69) is 15.9 Å². The Morgan fingerprint density at radius 2 is 2.00 bits per heavy atom. The van der Waals surface area contributed by atoms with Crippen molar-refractivity contribution in [1.82, 2.24) is 13.8 Å². The number of ether oxygens (including phenoxy) is 1.